The van der Waals surface area contributed by atoms with E-state index < -0.39 is 5.91 Å². The van der Waals surface area contributed by atoms with Crippen molar-refractivity contribution in [2.24, 2.45) is 0 Å². The number of rotatable bonds is 6. The lowest BCUT2D eigenvalue weighted by Crippen LogP contribution is -2.19. The van der Waals surface area contributed by atoms with Crippen molar-refractivity contribution in [1.29, 1.82) is 0 Å². The summed E-state index contributed by atoms with van der Waals surface area (Å²) in [6.07, 6.45) is 1.48. The van der Waals surface area contributed by atoms with E-state index in [-0.39, 0.29) is 17.5 Å². The highest BCUT2D eigenvalue weighted by Crippen LogP contribution is 2.28. The maximum atomic E-state index is 13.0. The van der Waals surface area contributed by atoms with Crippen LogP contribution in [0.5, 0.6) is 0 Å². The highest BCUT2D eigenvalue weighted by Gasteiger charge is 2.14. The molecule has 0 aliphatic heterocycles. The maximum Gasteiger partial charge on any atom is 0.257 e. The molecule has 0 aliphatic carbocycles. The minimum absolute atomic E-state index is 0.135. The number of anilines is 2. The number of thiophene rings is 1. The molecule has 2 amide bonds. The molecule has 150 valence electrons. The van der Waals surface area contributed by atoms with Gasteiger partial charge in [-0.15, -0.1) is 11.3 Å². The van der Waals surface area contributed by atoms with Crippen molar-refractivity contribution < 1.29 is 14.0 Å². The minimum atomic E-state index is -0.402. The average molecular weight is 439 g/mol. The number of nitrogens with zero attached hydrogens (tertiary/aromatic N) is 2. The van der Waals surface area contributed by atoms with Crippen LogP contribution in [-0.4, -0.2) is 27.5 Å². The van der Waals surface area contributed by atoms with Gasteiger partial charge >= 0.3 is 0 Å². The molecule has 2 N–H and O–H groups in total. The van der Waals surface area contributed by atoms with Crippen molar-refractivity contribution in [1.82, 2.24) is 9.97 Å². The van der Waals surface area contributed by atoms with Gasteiger partial charge in [-0.3, -0.25) is 9.59 Å². The van der Waals surface area contributed by atoms with Gasteiger partial charge in [-0.1, -0.05) is 23.9 Å². The summed E-state index contributed by atoms with van der Waals surface area (Å²) in [5.41, 5.74) is 1.16. The molecule has 30 heavy (non-hydrogen) atoms. The molecule has 0 aliphatic rings. The molecule has 0 unspecified atom stereocenters. The molecule has 6 nitrogen and oxygen atoms in total. The van der Waals surface area contributed by atoms with E-state index >= 15 is 0 Å². The lowest BCUT2D eigenvalue weighted by atomic mass is 10.1. The Labute approximate surface area is 179 Å². The van der Waals surface area contributed by atoms with E-state index in [9.17, 15) is 14.0 Å². The number of carbonyl (C=O) groups excluding carboxylic acids is 2. The number of carbonyl (C=O) groups is 2. The van der Waals surface area contributed by atoms with Gasteiger partial charge in [0.1, 0.15) is 22.0 Å². The van der Waals surface area contributed by atoms with E-state index in [1.54, 1.807) is 24.3 Å². The lowest BCUT2D eigenvalue weighted by molar-refractivity contribution is -0.113. The maximum absolute atomic E-state index is 13.0. The Bertz CT molecular complexity index is 1210. The molecule has 0 spiro atoms. The third-order valence-corrected chi connectivity index (χ3v) is 5.94. The van der Waals surface area contributed by atoms with E-state index in [1.165, 1.54) is 53.7 Å². The molecule has 0 atom stereocenters. The highest BCUT2D eigenvalue weighted by atomic mass is 32.2. The number of amides is 2. The summed E-state index contributed by atoms with van der Waals surface area (Å²) in [5.74, 6) is -0.915. The van der Waals surface area contributed by atoms with Crippen LogP contribution in [0.2, 0.25) is 0 Å². The van der Waals surface area contributed by atoms with Crippen LogP contribution in [0.1, 0.15) is 10.4 Å². The summed E-state index contributed by atoms with van der Waals surface area (Å²) < 4.78 is 13.0. The Kier molecular flexibility index (Phi) is 6.01. The molecule has 2 heterocycles. The number of nitrogens with one attached hydrogen (secondary N) is 2. The number of aromatic nitrogens is 2. The van der Waals surface area contributed by atoms with Crippen LogP contribution in [0.15, 0.2) is 71.3 Å². The van der Waals surface area contributed by atoms with Gasteiger partial charge in [0.05, 0.1) is 17.0 Å². The van der Waals surface area contributed by atoms with Crippen LogP contribution in [0.25, 0.3) is 10.2 Å². The third kappa shape index (κ3) is 4.64. The summed E-state index contributed by atoms with van der Waals surface area (Å²) in [5, 5.41) is 9.05. The molecular formula is C21H15FN4O2S2. The zero-order chi connectivity index (χ0) is 20.9. The first kappa shape index (κ1) is 20.0. The van der Waals surface area contributed by atoms with Crippen LogP contribution in [0.4, 0.5) is 15.8 Å². The van der Waals surface area contributed by atoms with Crippen LogP contribution >= 0.6 is 23.1 Å². The number of hydrogen-bond acceptors (Lipinski definition) is 6. The molecule has 0 bridgehead atoms. The van der Waals surface area contributed by atoms with Gasteiger partial charge in [0, 0.05) is 11.1 Å². The molecule has 2 aromatic carbocycles. The van der Waals surface area contributed by atoms with Crippen molar-refractivity contribution in [3.8, 4) is 0 Å². The topological polar surface area (TPSA) is 84.0 Å². The number of para-hydroxylation sites is 1. The van der Waals surface area contributed by atoms with Crippen LogP contribution in [0, 0.1) is 5.82 Å². The largest absolute Gasteiger partial charge is 0.325 e. The zero-order valence-electron chi connectivity index (χ0n) is 15.5. The van der Waals surface area contributed by atoms with E-state index in [0.717, 1.165) is 15.2 Å². The van der Waals surface area contributed by atoms with E-state index in [1.807, 2.05) is 11.4 Å². The first-order chi connectivity index (χ1) is 14.6. The molecule has 0 radical (unpaired) electrons. The van der Waals surface area contributed by atoms with Gasteiger partial charge in [0.15, 0.2) is 0 Å². The number of fused-ring (bicyclic) bond motifs is 1. The van der Waals surface area contributed by atoms with E-state index in [0.29, 0.717) is 16.9 Å². The first-order valence-electron chi connectivity index (χ1n) is 8.87. The second-order valence-electron chi connectivity index (χ2n) is 6.16. The van der Waals surface area contributed by atoms with Gasteiger partial charge in [-0.2, -0.15) is 0 Å². The lowest BCUT2D eigenvalue weighted by Gasteiger charge is -2.11. The third-order valence-electron chi connectivity index (χ3n) is 4.11. The molecule has 0 saturated heterocycles. The normalized spacial score (nSPS) is 10.7. The summed E-state index contributed by atoms with van der Waals surface area (Å²) in [6, 6.07) is 14.1. The number of halogens is 1. The molecule has 4 aromatic rings. The van der Waals surface area contributed by atoms with Crippen LogP contribution < -0.4 is 10.6 Å². The number of hydrogen-bond donors (Lipinski definition) is 2. The molecule has 4 rings (SSSR count). The second-order valence-corrected chi connectivity index (χ2v) is 8.02. The zero-order valence-corrected chi connectivity index (χ0v) is 17.1. The Hall–Kier alpha value is -3.30. The smallest absolute Gasteiger partial charge is 0.257 e. The fraction of sp³-hybridized carbons (Fsp3) is 0.0476. The Morgan fingerprint density at radius 1 is 1.00 bits per heavy atom. The fourth-order valence-electron chi connectivity index (χ4n) is 2.72. The number of benzene rings is 2. The van der Waals surface area contributed by atoms with Crippen molar-refractivity contribution in [3.05, 3.63) is 77.7 Å². The summed E-state index contributed by atoms with van der Waals surface area (Å²) >= 11 is 2.82. The summed E-state index contributed by atoms with van der Waals surface area (Å²) in [6.45, 7) is 0. The molecule has 0 saturated carbocycles. The van der Waals surface area contributed by atoms with Crippen molar-refractivity contribution in [3.63, 3.8) is 0 Å². The van der Waals surface area contributed by atoms with Crippen LogP contribution in [0.3, 0.4) is 0 Å². The SMILES string of the molecule is O=C(CSc1ncnc2sccc12)Nc1ccccc1C(=O)Nc1ccc(F)cc1. The Morgan fingerprint density at radius 2 is 1.80 bits per heavy atom. The van der Waals surface area contributed by atoms with E-state index in [4.69, 9.17) is 0 Å². The average Bonchev–Trinajstić information content (AvgIpc) is 3.24. The quantitative estimate of drug-likeness (QED) is 0.333. The number of thioether (sulfide) groups is 1. The molecular weight excluding hydrogens is 423 g/mol. The van der Waals surface area contributed by atoms with Crippen molar-refractivity contribution >= 4 is 56.5 Å². The van der Waals surface area contributed by atoms with E-state index in [2.05, 4.69) is 20.6 Å². The summed E-state index contributed by atoms with van der Waals surface area (Å²) in [4.78, 5) is 34.4. The van der Waals surface area contributed by atoms with Crippen molar-refractivity contribution in [2.75, 3.05) is 16.4 Å². The van der Waals surface area contributed by atoms with Gasteiger partial charge in [0.2, 0.25) is 5.91 Å². The van der Waals surface area contributed by atoms with Gasteiger partial charge in [0.25, 0.3) is 5.91 Å². The Morgan fingerprint density at radius 3 is 2.63 bits per heavy atom. The van der Waals surface area contributed by atoms with Crippen LogP contribution in [-0.2, 0) is 4.79 Å². The summed E-state index contributed by atoms with van der Waals surface area (Å²) in [7, 11) is 0. The monoisotopic (exact) mass is 438 g/mol. The Balaban J connectivity index is 1.43. The predicted octanol–water partition coefficient (Wildman–Crippen LogP) is 4.81. The molecule has 0 fully saturated rings. The predicted molar refractivity (Wildman–Crippen MR) is 118 cm³/mol. The van der Waals surface area contributed by atoms with Gasteiger partial charge in [-0.25, -0.2) is 14.4 Å². The van der Waals surface area contributed by atoms with Gasteiger partial charge in [-0.05, 0) is 47.8 Å². The fourth-order valence-corrected chi connectivity index (χ4v) is 4.30. The first-order valence-corrected chi connectivity index (χ1v) is 10.7. The minimum Gasteiger partial charge on any atom is -0.325 e. The van der Waals surface area contributed by atoms with Gasteiger partial charge < -0.3 is 10.6 Å². The van der Waals surface area contributed by atoms with Crippen molar-refractivity contribution in [2.45, 2.75) is 5.03 Å². The standard InChI is InChI=1S/C21H15FN4O2S2/c22-13-5-7-14(8-6-13)25-19(28)15-3-1-2-4-17(15)26-18(27)11-30-21-16-9-10-29-20(16)23-12-24-21/h1-10,12H,11H2,(H,25,28)(H,26,27). The highest BCUT2D eigenvalue weighted by molar-refractivity contribution is 8.00. The molecule has 9 heteroatoms. The molecule has 2 aromatic heterocycles. The second kappa shape index (κ2) is 9.02.